The van der Waals surface area contributed by atoms with E-state index in [4.69, 9.17) is 4.74 Å². The molecular formula is C14H23NO4. The van der Waals surface area contributed by atoms with Crippen LogP contribution in [0, 0.1) is 5.41 Å². The number of carbonyl (C=O) groups is 2. The van der Waals surface area contributed by atoms with Gasteiger partial charge >= 0.3 is 6.09 Å². The molecule has 2 rings (SSSR count). The number of nitrogens with zero attached hydrogens (tertiary/aromatic N) is 1. The number of fused-ring (bicyclic) bond motifs is 2. The van der Waals surface area contributed by atoms with Gasteiger partial charge in [0, 0.05) is 12.1 Å². The fourth-order valence-corrected chi connectivity index (χ4v) is 3.26. The zero-order valence-electron chi connectivity index (χ0n) is 11.9. The Hall–Kier alpha value is -1.10. The van der Waals surface area contributed by atoms with Gasteiger partial charge in [-0.2, -0.15) is 0 Å². The van der Waals surface area contributed by atoms with Crippen molar-refractivity contribution < 1.29 is 19.4 Å². The Morgan fingerprint density at radius 2 is 1.89 bits per heavy atom. The van der Waals surface area contributed by atoms with Gasteiger partial charge in [-0.3, -0.25) is 0 Å². The van der Waals surface area contributed by atoms with Crippen LogP contribution >= 0.6 is 0 Å². The Labute approximate surface area is 113 Å². The SMILES string of the molecule is CC(C)(C)OC(=O)N1C2CCC1CC(C=O)(CO)C2. The fourth-order valence-electron chi connectivity index (χ4n) is 3.26. The predicted molar refractivity (Wildman–Crippen MR) is 69.7 cm³/mol. The van der Waals surface area contributed by atoms with Crippen LogP contribution in [0.5, 0.6) is 0 Å². The molecule has 1 amide bonds. The third-order valence-corrected chi connectivity index (χ3v) is 4.07. The molecule has 0 aliphatic carbocycles. The van der Waals surface area contributed by atoms with Crippen molar-refractivity contribution in [2.75, 3.05) is 6.61 Å². The van der Waals surface area contributed by atoms with Crippen LogP contribution in [-0.2, 0) is 9.53 Å². The molecule has 0 aromatic heterocycles. The lowest BCUT2D eigenvalue weighted by Crippen LogP contribution is -2.53. The first-order chi connectivity index (χ1) is 8.80. The summed E-state index contributed by atoms with van der Waals surface area (Å²) in [5.41, 5.74) is -1.17. The number of amides is 1. The average molecular weight is 269 g/mol. The molecule has 2 unspecified atom stereocenters. The van der Waals surface area contributed by atoms with Crippen LogP contribution in [-0.4, -0.2) is 46.7 Å². The van der Waals surface area contributed by atoms with Gasteiger partial charge in [-0.15, -0.1) is 0 Å². The van der Waals surface area contributed by atoms with Gasteiger partial charge in [-0.05, 0) is 46.5 Å². The van der Waals surface area contributed by atoms with Gasteiger partial charge < -0.3 is 19.5 Å². The van der Waals surface area contributed by atoms with Gasteiger partial charge in [0.25, 0.3) is 0 Å². The summed E-state index contributed by atoms with van der Waals surface area (Å²) >= 11 is 0. The fraction of sp³-hybridized carbons (Fsp3) is 0.857. The van der Waals surface area contributed by atoms with Crippen molar-refractivity contribution in [1.82, 2.24) is 4.90 Å². The first-order valence-electron chi connectivity index (χ1n) is 6.89. The molecule has 1 N–H and O–H groups in total. The van der Waals surface area contributed by atoms with Crippen LogP contribution in [0.25, 0.3) is 0 Å². The smallest absolute Gasteiger partial charge is 0.410 e. The number of aldehydes is 1. The summed E-state index contributed by atoms with van der Waals surface area (Å²) in [6.07, 6.45) is 3.44. The normalized spacial score (nSPS) is 34.2. The minimum Gasteiger partial charge on any atom is -0.444 e. The van der Waals surface area contributed by atoms with Crippen molar-refractivity contribution in [3.8, 4) is 0 Å². The van der Waals surface area contributed by atoms with E-state index < -0.39 is 11.0 Å². The quantitative estimate of drug-likeness (QED) is 0.775. The number of aliphatic hydroxyl groups is 1. The van der Waals surface area contributed by atoms with Crippen molar-refractivity contribution >= 4 is 12.4 Å². The lowest BCUT2D eigenvalue weighted by Gasteiger charge is -2.43. The van der Waals surface area contributed by atoms with Crippen molar-refractivity contribution in [2.45, 2.75) is 64.1 Å². The largest absolute Gasteiger partial charge is 0.444 e. The molecule has 2 fully saturated rings. The minimum absolute atomic E-state index is 0.0194. The summed E-state index contributed by atoms with van der Waals surface area (Å²) in [7, 11) is 0. The van der Waals surface area contributed by atoms with Crippen LogP contribution in [0.2, 0.25) is 0 Å². The van der Waals surface area contributed by atoms with E-state index in [2.05, 4.69) is 0 Å². The molecule has 0 radical (unpaired) electrons. The summed E-state index contributed by atoms with van der Waals surface area (Å²) in [6, 6.07) is 0.0388. The number of hydrogen-bond donors (Lipinski definition) is 1. The number of piperidine rings is 1. The van der Waals surface area contributed by atoms with E-state index >= 15 is 0 Å². The number of rotatable bonds is 2. The molecule has 0 aromatic carbocycles. The maximum Gasteiger partial charge on any atom is 0.410 e. The first-order valence-corrected chi connectivity index (χ1v) is 6.89. The highest BCUT2D eigenvalue weighted by Gasteiger charge is 2.50. The van der Waals surface area contributed by atoms with Crippen LogP contribution < -0.4 is 0 Å². The Bertz CT molecular complexity index is 360. The lowest BCUT2D eigenvalue weighted by atomic mass is 9.77. The zero-order valence-corrected chi connectivity index (χ0v) is 11.9. The van der Waals surface area contributed by atoms with E-state index in [1.165, 1.54) is 0 Å². The summed E-state index contributed by atoms with van der Waals surface area (Å²) in [6.45, 7) is 5.41. The summed E-state index contributed by atoms with van der Waals surface area (Å²) in [4.78, 5) is 25.2. The van der Waals surface area contributed by atoms with E-state index in [0.717, 1.165) is 19.1 Å². The molecule has 5 nitrogen and oxygen atoms in total. The number of hydrogen-bond acceptors (Lipinski definition) is 4. The maximum atomic E-state index is 12.2. The van der Waals surface area contributed by atoms with Gasteiger partial charge in [-0.25, -0.2) is 4.79 Å². The second-order valence-corrected chi connectivity index (χ2v) is 6.82. The Morgan fingerprint density at radius 3 is 2.26 bits per heavy atom. The maximum absolute atomic E-state index is 12.2. The summed E-state index contributed by atoms with van der Waals surface area (Å²) < 4.78 is 5.43. The molecule has 2 bridgehead atoms. The zero-order chi connectivity index (χ0) is 14.3. The molecule has 108 valence electrons. The van der Waals surface area contributed by atoms with Gasteiger partial charge in [0.05, 0.1) is 12.0 Å². The van der Waals surface area contributed by atoms with E-state index in [1.54, 1.807) is 4.90 Å². The molecular weight excluding hydrogens is 246 g/mol. The lowest BCUT2D eigenvalue weighted by molar-refractivity contribution is -0.123. The molecule has 2 heterocycles. The third-order valence-electron chi connectivity index (χ3n) is 4.07. The minimum atomic E-state index is -0.662. The molecule has 2 aliphatic heterocycles. The van der Waals surface area contributed by atoms with Gasteiger partial charge in [0.15, 0.2) is 0 Å². The average Bonchev–Trinajstić information content (AvgIpc) is 2.59. The topological polar surface area (TPSA) is 66.8 Å². The van der Waals surface area contributed by atoms with Crippen LogP contribution in [0.4, 0.5) is 4.79 Å². The molecule has 0 spiro atoms. The highest BCUT2D eigenvalue weighted by atomic mass is 16.6. The van der Waals surface area contributed by atoms with Crippen LogP contribution in [0.15, 0.2) is 0 Å². The molecule has 2 aliphatic rings. The molecule has 2 atom stereocenters. The van der Waals surface area contributed by atoms with Crippen LogP contribution in [0.1, 0.15) is 46.5 Å². The van der Waals surface area contributed by atoms with Crippen molar-refractivity contribution in [3.05, 3.63) is 0 Å². The second kappa shape index (κ2) is 4.78. The monoisotopic (exact) mass is 269 g/mol. The molecule has 2 saturated heterocycles. The summed E-state index contributed by atoms with van der Waals surface area (Å²) in [5, 5.41) is 9.45. The van der Waals surface area contributed by atoms with Crippen molar-refractivity contribution in [3.63, 3.8) is 0 Å². The number of carbonyl (C=O) groups excluding carboxylic acids is 2. The predicted octanol–water partition coefficient (Wildman–Crippen LogP) is 1.73. The Morgan fingerprint density at radius 1 is 1.37 bits per heavy atom. The highest BCUT2D eigenvalue weighted by molar-refractivity contribution is 5.71. The molecule has 5 heteroatoms. The van der Waals surface area contributed by atoms with E-state index in [-0.39, 0.29) is 24.8 Å². The molecule has 0 saturated carbocycles. The summed E-state index contributed by atoms with van der Waals surface area (Å²) in [5.74, 6) is 0. The first kappa shape index (κ1) is 14.3. The van der Waals surface area contributed by atoms with E-state index in [9.17, 15) is 14.7 Å². The van der Waals surface area contributed by atoms with E-state index in [1.807, 2.05) is 20.8 Å². The molecule has 19 heavy (non-hydrogen) atoms. The number of aliphatic hydroxyl groups excluding tert-OH is 1. The number of ether oxygens (including phenoxy) is 1. The van der Waals surface area contributed by atoms with E-state index in [0.29, 0.717) is 12.8 Å². The van der Waals surface area contributed by atoms with Gasteiger partial charge in [-0.1, -0.05) is 0 Å². The highest BCUT2D eigenvalue weighted by Crippen LogP contribution is 2.44. The van der Waals surface area contributed by atoms with Crippen molar-refractivity contribution in [2.24, 2.45) is 5.41 Å². The standard InChI is InChI=1S/C14H23NO4/c1-13(2,3)19-12(18)15-10-4-5-11(15)7-14(6-10,8-16)9-17/h8,10-11,17H,4-7,9H2,1-3H3. The van der Waals surface area contributed by atoms with Crippen molar-refractivity contribution in [1.29, 1.82) is 0 Å². The molecule has 0 aromatic rings. The van der Waals surface area contributed by atoms with Gasteiger partial charge in [0.2, 0.25) is 0 Å². The Kier molecular flexibility index (Phi) is 3.60. The second-order valence-electron chi connectivity index (χ2n) is 6.82. The Balaban J connectivity index is 2.11. The van der Waals surface area contributed by atoms with Gasteiger partial charge in [0.1, 0.15) is 11.9 Å². The van der Waals surface area contributed by atoms with Crippen LogP contribution in [0.3, 0.4) is 0 Å². The third kappa shape index (κ3) is 2.76.